The highest BCUT2D eigenvalue weighted by Crippen LogP contribution is 2.19. The lowest BCUT2D eigenvalue weighted by Gasteiger charge is -2.09. The van der Waals surface area contributed by atoms with Crippen molar-refractivity contribution in [2.75, 3.05) is 0 Å². The van der Waals surface area contributed by atoms with Gasteiger partial charge in [-0.15, -0.1) is 0 Å². The normalized spacial score (nSPS) is 11.8. The predicted octanol–water partition coefficient (Wildman–Crippen LogP) is 3.79. The average Bonchev–Trinajstić information content (AvgIpc) is 2.52. The third kappa shape index (κ3) is 2.88. The van der Waals surface area contributed by atoms with Gasteiger partial charge in [-0.05, 0) is 35.4 Å². The number of halogens is 1. The molecule has 0 amide bonds. The maximum absolute atomic E-state index is 6.04. The van der Waals surface area contributed by atoms with Gasteiger partial charge in [0.1, 0.15) is 0 Å². The monoisotopic (exact) mass is 295 g/mol. The second-order valence-corrected chi connectivity index (χ2v) is 5.19. The highest BCUT2D eigenvalue weighted by atomic mass is 35.5. The summed E-state index contributed by atoms with van der Waals surface area (Å²) in [6, 6.07) is 17.6. The van der Waals surface area contributed by atoms with E-state index in [1.807, 2.05) is 54.7 Å². The van der Waals surface area contributed by atoms with Crippen LogP contribution in [0.3, 0.4) is 0 Å². The largest absolute Gasteiger partial charge is 0.323 e. The number of para-hydroxylation sites is 1. The maximum atomic E-state index is 6.04. The highest BCUT2D eigenvalue weighted by Gasteiger charge is 2.08. The van der Waals surface area contributed by atoms with E-state index in [4.69, 9.17) is 17.4 Å². The summed E-state index contributed by atoms with van der Waals surface area (Å²) in [7, 11) is 0. The molecule has 0 spiro atoms. The summed E-state index contributed by atoms with van der Waals surface area (Å²) in [6.07, 6.45) is 2.45. The number of pyridine rings is 1. The van der Waals surface area contributed by atoms with Crippen molar-refractivity contribution >= 4 is 28.2 Å². The highest BCUT2D eigenvalue weighted by molar-refractivity contribution is 6.31. The van der Waals surface area contributed by atoms with Crippen LogP contribution in [0.25, 0.3) is 10.9 Å². The third-order valence-electron chi connectivity index (χ3n) is 3.41. The molecule has 0 unspecified atom stereocenters. The van der Waals surface area contributed by atoms with Gasteiger partial charge < -0.3 is 5.84 Å². The summed E-state index contributed by atoms with van der Waals surface area (Å²) in [5.41, 5.74) is 3.85. The maximum Gasteiger partial charge on any atom is 0.0717 e. The molecule has 0 fully saturated rings. The molecule has 3 rings (SSSR count). The lowest BCUT2D eigenvalue weighted by atomic mass is 9.99. The van der Waals surface area contributed by atoms with E-state index >= 15 is 0 Å². The van der Waals surface area contributed by atoms with E-state index in [0.29, 0.717) is 11.4 Å². The van der Waals surface area contributed by atoms with E-state index in [2.05, 4.69) is 16.2 Å². The molecule has 0 saturated heterocycles. The van der Waals surface area contributed by atoms with Crippen LogP contribution in [-0.2, 0) is 6.42 Å². The molecule has 0 aliphatic heterocycles. The topological polar surface area (TPSA) is 51.3 Å². The number of nitrogens with two attached hydrogens (primary N) is 1. The Bertz CT molecular complexity index is 806. The molecule has 0 aliphatic carbocycles. The van der Waals surface area contributed by atoms with Crippen LogP contribution in [0.15, 0.2) is 65.9 Å². The first-order valence-corrected chi connectivity index (χ1v) is 7.01. The molecular formula is C17H14ClN3. The smallest absolute Gasteiger partial charge is 0.0717 e. The van der Waals surface area contributed by atoms with Crippen molar-refractivity contribution < 1.29 is 0 Å². The first kappa shape index (κ1) is 13.6. The van der Waals surface area contributed by atoms with Crippen molar-refractivity contribution in [2.24, 2.45) is 10.9 Å². The Hall–Kier alpha value is -2.39. The van der Waals surface area contributed by atoms with E-state index in [-0.39, 0.29) is 0 Å². The molecule has 2 aromatic carbocycles. The van der Waals surface area contributed by atoms with Crippen LogP contribution in [0.5, 0.6) is 0 Å². The van der Waals surface area contributed by atoms with E-state index in [1.165, 1.54) is 0 Å². The SMILES string of the molecule is N/N=C(/Cc1ccnc2ccccc12)c1cccc(Cl)c1. The van der Waals surface area contributed by atoms with Crippen molar-refractivity contribution in [2.45, 2.75) is 6.42 Å². The zero-order valence-electron chi connectivity index (χ0n) is 11.3. The number of aromatic nitrogens is 1. The first-order chi connectivity index (χ1) is 10.3. The molecule has 3 nitrogen and oxygen atoms in total. The summed E-state index contributed by atoms with van der Waals surface area (Å²) in [6.45, 7) is 0. The van der Waals surface area contributed by atoms with Crippen LogP contribution < -0.4 is 5.84 Å². The number of benzene rings is 2. The number of hydrogen-bond acceptors (Lipinski definition) is 3. The van der Waals surface area contributed by atoms with Gasteiger partial charge in [-0.1, -0.05) is 41.9 Å². The van der Waals surface area contributed by atoms with Crippen molar-refractivity contribution in [3.63, 3.8) is 0 Å². The van der Waals surface area contributed by atoms with Crippen LogP contribution in [0.2, 0.25) is 5.02 Å². The van der Waals surface area contributed by atoms with Crippen molar-refractivity contribution in [1.29, 1.82) is 0 Å². The number of fused-ring (bicyclic) bond motifs is 1. The Kier molecular flexibility index (Phi) is 3.84. The van der Waals surface area contributed by atoms with E-state index in [9.17, 15) is 0 Å². The molecule has 2 N–H and O–H groups in total. The van der Waals surface area contributed by atoms with Gasteiger partial charge in [0.05, 0.1) is 11.2 Å². The Morgan fingerprint density at radius 1 is 1.10 bits per heavy atom. The molecule has 0 atom stereocenters. The van der Waals surface area contributed by atoms with Crippen molar-refractivity contribution in [1.82, 2.24) is 4.98 Å². The number of hydrazone groups is 1. The number of nitrogens with zero attached hydrogens (tertiary/aromatic N) is 2. The molecule has 0 saturated carbocycles. The molecule has 0 radical (unpaired) electrons. The van der Waals surface area contributed by atoms with Gasteiger partial charge in [0.15, 0.2) is 0 Å². The fourth-order valence-electron chi connectivity index (χ4n) is 2.38. The minimum absolute atomic E-state index is 0.639. The van der Waals surface area contributed by atoms with Gasteiger partial charge >= 0.3 is 0 Å². The Morgan fingerprint density at radius 2 is 1.95 bits per heavy atom. The number of rotatable bonds is 3. The molecular weight excluding hydrogens is 282 g/mol. The Labute approximate surface area is 128 Å². The summed E-state index contributed by atoms with van der Waals surface area (Å²) in [5, 5.41) is 5.73. The average molecular weight is 296 g/mol. The number of hydrogen-bond donors (Lipinski definition) is 1. The van der Waals surface area contributed by atoms with E-state index in [0.717, 1.165) is 27.7 Å². The van der Waals surface area contributed by atoms with Gasteiger partial charge in [-0.3, -0.25) is 4.98 Å². The van der Waals surface area contributed by atoms with Crippen molar-refractivity contribution in [3.8, 4) is 0 Å². The van der Waals surface area contributed by atoms with Gasteiger partial charge in [-0.2, -0.15) is 5.10 Å². The second-order valence-electron chi connectivity index (χ2n) is 4.75. The van der Waals surface area contributed by atoms with Crippen LogP contribution >= 0.6 is 11.6 Å². The van der Waals surface area contributed by atoms with Crippen LogP contribution in [-0.4, -0.2) is 10.7 Å². The zero-order chi connectivity index (χ0) is 14.7. The van der Waals surface area contributed by atoms with Crippen LogP contribution in [0.1, 0.15) is 11.1 Å². The fourth-order valence-corrected chi connectivity index (χ4v) is 2.57. The van der Waals surface area contributed by atoms with E-state index in [1.54, 1.807) is 0 Å². The standard InChI is InChI=1S/C17H14ClN3/c18-14-5-3-4-13(10-14)17(21-19)11-12-8-9-20-16-7-2-1-6-15(12)16/h1-10H,11,19H2/b21-17-. The summed E-state index contributed by atoms with van der Waals surface area (Å²) in [5.74, 6) is 5.58. The zero-order valence-corrected chi connectivity index (χ0v) is 12.1. The minimum atomic E-state index is 0.639. The molecule has 21 heavy (non-hydrogen) atoms. The third-order valence-corrected chi connectivity index (χ3v) is 3.65. The van der Waals surface area contributed by atoms with Gasteiger partial charge in [0, 0.05) is 23.0 Å². The lowest BCUT2D eigenvalue weighted by Crippen LogP contribution is -2.08. The van der Waals surface area contributed by atoms with Gasteiger partial charge in [0.2, 0.25) is 0 Å². The van der Waals surface area contributed by atoms with E-state index < -0.39 is 0 Å². The predicted molar refractivity (Wildman–Crippen MR) is 87.6 cm³/mol. The van der Waals surface area contributed by atoms with Gasteiger partial charge in [-0.25, -0.2) is 0 Å². The van der Waals surface area contributed by atoms with Crippen LogP contribution in [0.4, 0.5) is 0 Å². The Morgan fingerprint density at radius 3 is 2.76 bits per heavy atom. The first-order valence-electron chi connectivity index (χ1n) is 6.63. The summed E-state index contributed by atoms with van der Waals surface area (Å²) in [4.78, 5) is 4.37. The second kappa shape index (κ2) is 5.94. The molecule has 4 heteroatoms. The van der Waals surface area contributed by atoms with Gasteiger partial charge in [0.25, 0.3) is 0 Å². The molecule has 0 bridgehead atoms. The summed E-state index contributed by atoms with van der Waals surface area (Å²) < 4.78 is 0. The molecule has 3 aromatic rings. The molecule has 1 aromatic heterocycles. The van der Waals surface area contributed by atoms with Crippen molar-refractivity contribution in [3.05, 3.63) is 76.9 Å². The summed E-state index contributed by atoms with van der Waals surface area (Å²) >= 11 is 6.04. The quantitative estimate of drug-likeness (QED) is 0.454. The molecule has 104 valence electrons. The van der Waals surface area contributed by atoms with Crippen LogP contribution in [0, 0.1) is 0 Å². The molecule has 0 aliphatic rings. The molecule has 1 heterocycles. The fraction of sp³-hybridized carbons (Fsp3) is 0.0588. The Balaban J connectivity index is 2.01. The minimum Gasteiger partial charge on any atom is -0.323 e. The lowest BCUT2D eigenvalue weighted by molar-refractivity contribution is 1.19.